The molecule has 0 spiro atoms. The van der Waals surface area contributed by atoms with E-state index >= 15 is 0 Å². The summed E-state index contributed by atoms with van der Waals surface area (Å²) in [6.07, 6.45) is 0. The van der Waals surface area contributed by atoms with E-state index in [1.807, 2.05) is 5.01 Å². The second-order valence-corrected chi connectivity index (χ2v) is 4.54. The molecule has 1 aromatic rings. The Bertz CT molecular complexity index is 458. The van der Waals surface area contributed by atoms with E-state index in [0.29, 0.717) is 11.4 Å². The van der Waals surface area contributed by atoms with Gasteiger partial charge in [0.15, 0.2) is 0 Å². The molecule has 7 heteroatoms. The molecule has 0 aromatic heterocycles. The second kappa shape index (κ2) is 5.85. The minimum Gasteiger partial charge on any atom is -0.497 e. The summed E-state index contributed by atoms with van der Waals surface area (Å²) >= 11 is 0. The van der Waals surface area contributed by atoms with Crippen molar-refractivity contribution in [3.8, 4) is 5.75 Å². The van der Waals surface area contributed by atoms with Gasteiger partial charge in [0.25, 0.3) is 5.69 Å². The molecule has 1 saturated heterocycles. The van der Waals surface area contributed by atoms with Crippen LogP contribution in [-0.4, -0.2) is 55.2 Å². The van der Waals surface area contributed by atoms with E-state index in [4.69, 9.17) is 4.74 Å². The number of likely N-dealkylation sites (N-methyl/N-ethyl adjacent to an activating group) is 1. The molecule has 0 amide bonds. The Hall–Kier alpha value is -1.86. The van der Waals surface area contributed by atoms with E-state index in [2.05, 4.69) is 17.4 Å². The number of hydrogen-bond donors (Lipinski definition) is 1. The third-order valence-corrected chi connectivity index (χ3v) is 3.18. The predicted molar refractivity (Wildman–Crippen MR) is 72.3 cm³/mol. The highest BCUT2D eigenvalue weighted by molar-refractivity contribution is 5.63. The zero-order chi connectivity index (χ0) is 13.8. The summed E-state index contributed by atoms with van der Waals surface area (Å²) < 4.78 is 5.11. The number of hydrogen-bond acceptors (Lipinski definition) is 6. The number of ether oxygens (including phenoxy) is 1. The van der Waals surface area contributed by atoms with E-state index in [9.17, 15) is 10.1 Å². The van der Waals surface area contributed by atoms with Gasteiger partial charge in [-0.3, -0.25) is 10.1 Å². The molecule has 1 fully saturated rings. The van der Waals surface area contributed by atoms with Crippen molar-refractivity contribution in [1.29, 1.82) is 0 Å². The monoisotopic (exact) mass is 266 g/mol. The maximum absolute atomic E-state index is 11.0. The third-order valence-electron chi connectivity index (χ3n) is 3.18. The number of nitrogens with one attached hydrogen (secondary N) is 1. The fourth-order valence-corrected chi connectivity index (χ4v) is 1.98. The van der Waals surface area contributed by atoms with E-state index < -0.39 is 4.92 Å². The molecular weight excluding hydrogens is 248 g/mol. The number of methoxy groups -OCH3 is 1. The number of nitro groups is 1. The summed E-state index contributed by atoms with van der Waals surface area (Å²) in [6.45, 7) is 3.52. The first kappa shape index (κ1) is 13.6. The lowest BCUT2D eigenvalue weighted by atomic mass is 10.2. The highest BCUT2D eigenvalue weighted by atomic mass is 16.6. The topological polar surface area (TPSA) is 70.9 Å². The van der Waals surface area contributed by atoms with Crippen LogP contribution in [0.1, 0.15) is 0 Å². The fourth-order valence-electron chi connectivity index (χ4n) is 1.98. The maximum atomic E-state index is 11.0. The van der Waals surface area contributed by atoms with Gasteiger partial charge in [-0.05, 0) is 13.1 Å². The molecule has 1 aromatic carbocycles. The first-order chi connectivity index (χ1) is 9.10. The van der Waals surface area contributed by atoms with Crippen molar-refractivity contribution < 1.29 is 9.66 Å². The van der Waals surface area contributed by atoms with Crippen molar-refractivity contribution >= 4 is 11.4 Å². The molecule has 1 aliphatic heterocycles. The minimum absolute atomic E-state index is 0.0553. The van der Waals surface area contributed by atoms with Crippen molar-refractivity contribution in [2.75, 3.05) is 45.8 Å². The predicted octanol–water partition coefficient (Wildman–Crippen LogP) is 1.18. The van der Waals surface area contributed by atoms with Crippen LogP contribution < -0.4 is 10.2 Å². The molecule has 1 N–H and O–H groups in total. The standard InChI is InChI=1S/C12H18N4O3/c1-14-5-7-15(8-6-14)13-11-9-10(19-2)3-4-12(11)16(17)18/h3-4,9,13H,5-8H2,1-2H3. The van der Waals surface area contributed by atoms with Gasteiger partial charge in [0.2, 0.25) is 0 Å². The molecule has 0 radical (unpaired) electrons. The molecule has 7 nitrogen and oxygen atoms in total. The second-order valence-electron chi connectivity index (χ2n) is 4.54. The number of nitrogens with zero attached hydrogens (tertiary/aromatic N) is 3. The van der Waals surface area contributed by atoms with Crippen LogP contribution in [0.2, 0.25) is 0 Å². The average Bonchev–Trinajstić information content (AvgIpc) is 2.41. The SMILES string of the molecule is COc1ccc([N+](=O)[O-])c(NN2CCN(C)CC2)c1. The Morgan fingerprint density at radius 2 is 2.00 bits per heavy atom. The number of nitro benzene ring substituents is 1. The first-order valence-corrected chi connectivity index (χ1v) is 6.12. The van der Waals surface area contributed by atoms with Gasteiger partial charge in [-0.25, -0.2) is 5.01 Å². The normalized spacial score (nSPS) is 17.2. The molecule has 0 bridgehead atoms. The van der Waals surface area contributed by atoms with Crippen molar-refractivity contribution in [1.82, 2.24) is 9.91 Å². The highest BCUT2D eigenvalue weighted by Crippen LogP contribution is 2.29. The zero-order valence-corrected chi connectivity index (χ0v) is 11.1. The minimum atomic E-state index is -0.391. The van der Waals surface area contributed by atoms with Crippen LogP contribution in [0.4, 0.5) is 11.4 Å². The summed E-state index contributed by atoms with van der Waals surface area (Å²) in [5.74, 6) is 0.599. The molecule has 0 aliphatic carbocycles. The van der Waals surface area contributed by atoms with Crippen LogP contribution in [-0.2, 0) is 0 Å². The number of benzene rings is 1. The number of hydrazine groups is 1. The van der Waals surface area contributed by atoms with Crippen molar-refractivity contribution in [2.24, 2.45) is 0 Å². The van der Waals surface area contributed by atoms with Gasteiger partial charge in [-0.2, -0.15) is 0 Å². The summed E-state index contributed by atoms with van der Waals surface area (Å²) in [7, 11) is 3.60. The fraction of sp³-hybridized carbons (Fsp3) is 0.500. The molecular formula is C12H18N4O3. The summed E-state index contributed by atoms with van der Waals surface area (Å²) in [6, 6.07) is 4.70. The molecule has 0 atom stereocenters. The summed E-state index contributed by atoms with van der Waals surface area (Å²) in [5, 5.41) is 13.0. The Labute approximate surface area is 111 Å². The molecule has 2 rings (SSSR count). The largest absolute Gasteiger partial charge is 0.497 e. The van der Waals surface area contributed by atoms with E-state index in [1.165, 1.54) is 6.07 Å². The number of anilines is 1. The molecule has 1 heterocycles. The highest BCUT2D eigenvalue weighted by Gasteiger charge is 2.19. The number of piperazine rings is 1. The molecule has 1 aliphatic rings. The van der Waals surface area contributed by atoms with Crippen molar-refractivity contribution in [2.45, 2.75) is 0 Å². The van der Waals surface area contributed by atoms with Gasteiger partial charge in [0, 0.05) is 38.3 Å². The Morgan fingerprint density at radius 3 is 2.58 bits per heavy atom. The quantitative estimate of drug-likeness (QED) is 0.651. The molecule has 19 heavy (non-hydrogen) atoms. The molecule has 0 saturated carbocycles. The third kappa shape index (κ3) is 3.33. The average molecular weight is 266 g/mol. The number of rotatable bonds is 4. The van der Waals surface area contributed by atoms with Gasteiger partial charge in [0.05, 0.1) is 12.0 Å². The zero-order valence-electron chi connectivity index (χ0n) is 11.1. The van der Waals surface area contributed by atoms with Gasteiger partial charge < -0.3 is 15.1 Å². The van der Waals surface area contributed by atoms with Crippen LogP contribution in [0, 0.1) is 10.1 Å². The summed E-state index contributed by atoms with van der Waals surface area (Å²) in [5.41, 5.74) is 3.63. The molecule has 0 unspecified atom stereocenters. The van der Waals surface area contributed by atoms with Crippen LogP contribution in [0.3, 0.4) is 0 Å². The van der Waals surface area contributed by atoms with Crippen LogP contribution in [0.25, 0.3) is 0 Å². The lowest BCUT2D eigenvalue weighted by molar-refractivity contribution is -0.384. The lowest BCUT2D eigenvalue weighted by Gasteiger charge is -2.32. The first-order valence-electron chi connectivity index (χ1n) is 6.12. The maximum Gasteiger partial charge on any atom is 0.293 e. The van der Waals surface area contributed by atoms with E-state index in [1.54, 1.807) is 19.2 Å². The van der Waals surface area contributed by atoms with E-state index in [0.717, 1.165) is 26.2 Å². The van der Waals surface area contributed by atoms with Gasteiger partial charge >= 0.3 is 0 Å². The van der Waals surface area contributed by atoms with Crippen molar-refractivity contribution in [3.05, 3.63) is 28.3 Å². The summed E-state index contributed by atoms with van der Waals surface area (Å²) in [4.78, 5) is 12.8. The Kier molecular flexibility index (Phi) is 4.18. The van der Waals surface area contributed by atoms with Crippen LogP contribution >= 0.6 is 0 Å². The Morgan fingerprint density at radius 1 is 1.32 bits per heavy atom. The van der Waals surface area contributed by atoms with Crippen LogP contribution in [0.15, 0.2) is 18.2 Å². The Balaban J connectivity index is 2.15. The lowest BCUT2D eigenvalue weighted by Crippen LogP contribution is -2.47. The van der Waals surface area contributed by atoms with Crippen molar-refractivity contribution in [3.63, 3.8) is 0 Å². The van der Waals surface area contributed by atoms with Gasteiger partial charge in [-0.1, -0.05) is 0 Å². The van der Waals surface area contributed by atoms with Crippen LogP contribution in [0.5, 0.6) is 5.75 Å². The smallest absolute Gasteiger partial charge is 0.293 e. The van der Waals surface area contributed by atoms with Gasteiger partial charge in [-0.15, -0.1) is 0 Å². The van der Waals surface area contributed by atoms with E-state index in [-0.39, 0.29) is 5.69 Å². The van der Waals surface area contributed by atoms with Gasteiger partial charge in [0.1, 0.15) is 11.4 Å². The molecule has 104 valence electrons.